The second-order valence-corrected chi connectivity index (χ2v) is 10.9. The maximum Gasteiger partial charge on any atom is 0.407 e. The van der Waals surface area contributed by atoms with Gasteiger partial charge in [-0.2, -0.15) is 0 Å². The summed E-state index contributed by atoms with van der Waals surface area (Å²) in [5.74, 6) is -1.68. The first kappa shape index (κ1) is 27.6. The van der Waals surface area contributed by atoms with Crippen LogP contribution in [0.5, 0.6) is 0 Å². The van der Waals surface area contributed by atoms with Crippen LogP contribution in [0.2, 0.25) is 0 Å². The van der Waals surface area contributed by atoms with Crippen LogP contribution in [0.3, 0.4) is 0 Å². The number of aryl methyl sites for hydroxylation is 1. The molecule has 0 radical (unpaired) electrons. The van der Waals surface area contributed by atoms with Crippen molar-refractivity contribution in [1.82, 2.24) is 10.0 Å². The van der Waals surface area contributed by atoms with Gasteiger partial charge in [0.1, 0.15) is 12.6 Å². The summed E-state index contributed by atoms with van der Waals surface area (Å²) in [5.41, 5.74) is 10.9. The minimum atomic E-state index is -3.88. The number of hydrogen-bond donors (Lipinski definition) is 4. The van der Waals surface area contributed by atoms with E-state index in [-0.39, 0.29) is 42.8 Å². The summed E-state index contributed by atoms with van der Waals surface area (Å²) in [6, 6.07) is 20.9. The number of carbonyl (C=O) groups excluding carboxylic acids is 1. The number of aliphatic imine (C=N–C) groups is 1. The molecule has 204 valence electrons. The normalized spacial score (nSPS) is 13.7. The van der Waals surface area contributed by atoms with Crippen molar-refractivity contribution in [3.05, 3.63) is 89.5 Å². The lowest BCUT2D eigenvalue weighted by Gasteiger charge is -2.17. The number of nitrogens with one attached hydrogen (secondary N) is 2. The summed E-state index contributed by atoms with van der Waals surface area (Å²) in [6.45, 7) is 1.96. The second-order valence-electron chi connectivity index (χ2n) is 9.19. The Bertz CT molecular complexity index is 1440. The van der Waals surface area contributed by atoms with Crippen molar-refractivity contribution in [2.45, 2.75) is 36.6 Å². The van der Waals surface area contributed by atoms with Gasteiger partial charge < -0.3 is 20.9 Å². The van der Waals surface area contributed by atoms with Crippen LogP contribution in [0.15, 0.2) is 82.7 Å². The molecule has 0 fully saturated rings. The fraction of sp³-hybridized carbons (Fsp3) is 0.250. The van der Waals surface area contributed by atoms with Crippen LogP contribution >= 0.6 is 0 Å². The first-order valence-electron chi connectivity index (χ1n) is 12.4. The maximum absolute atomic E-state index is 12.5. The van der Waals surface area contributed by atoms with Crippen LogP contribution in [-0.2, 0) is 19.6 Å². The summed E-state index contributed by atoms with van der Waals surface area (Å²) in [6.07, 6.45) is -0.563. The van der Waals surface area contributed by atoms with Gasteiger partial charge in [-0.1, -0.05) is 66.2 Å². The highest BCUT2D eigenvalue weighted by Gasteiger charge is 2.29. The Morgan fingerprint density at radius 1 is 1.00 bits per heavy atom. The lowest BCUT2D eigenvalue weighted by Crippen LogP contribution is -2.41. The third kappa shape index (κ3) is 6.74. The second kappa shape index (κ2) is 12.0. The quantitative estimate of drug-likeness (QED) is 0.171. The van der Waals surface area contributed by atoms with Gasteiger partial charge in [-0.05, 0) is 54.2 Å². The highest BCUT2D eigenvalue weighted by molar-refractivity contribution is 7.90. The fourth-order valence-electron chi connectivity index (χ4n) is 4.48. The number of guanidine groups is 1. The zero-order valence-electron chi connectivity index (χ0n) is 21.3. The minimum Gasteiger partial charge on any atom is -0.480 e. The standard InChI is InChI=1S/C28H30N4O6S/c1-18-12-14-19(15-13-18)39(36,37)32-27(29)30-16-6-11-25(26(33)34)31-28(35)38-17-24-22-9-4-2-7-20(22)21-8-3-5-10-23(21)24/h2-5,7-10,12-15,24-25H,6,11,16-17H2,1H3,(H,31,35)(H,33,34)(H3,29,30,32)/t25-/m0/s1. The van der Waals surface area contributed by atoms with E-state index >= 15 is 0 Å². The smallest absolute Gasteiger partial charge is 0.407 e. The molecule has 0 saturated heterocycles. The van der Waals surface area contributed by atoms with Crippen molar-refractivity contribution in [2.24, 2.45) is 10.7 Å². The van der Waals surface area contributed by atoms with Gasteiger partial charge in [-0.15, -0.1) is 0 Å². The summed E-state index contributed by atoms with van der Waals surface area (Å²) >= 11 is 0. The van der Waals surface area contributed by atoms with Gasteiger partial charge in [0.05, 0.1) is 4.90 Å². The van der Waals surface area contributed by atoms with Crippen LogP contribution in [0, 0.1) is 6.92 Å². The molecule has 10 nitrogen and oxygen atoms in total. The molecule has 0 spiro atoms. The molecule has 0 heterocycles. The molecular weight excluding hydrogens is 520 g/mol. The molecule has 39 heavy (non-hydrogen) atoms. The molecular formula is C28H30N4O6S. The van der Waals surface area contributed by atoms with Gasteiger partial charge in [-0.25, -0.2) is 22.7 Å². The van der Waals surface area contributed by atoms with Gasteiger partial charge in [-0.3, -0.25) is 4.99 Å². The summed E-state index contributed by atoms with van der Waals surface area (Å²) in [5, 5.41) is 11.9. The van der Waals surface area contributed by atoms with E-state index in [1.807, 2.05) is 55.5 Å². The molecule has 5 N–H and O–H groups in total. The Morgan fingerprint density at radius 2 is 1.59 bits per heavy atom. The number of amides is 1. The number of nitrogens with zero attached hydrogens (tertiary/aromatic N) is 1. The number of rotatable bonds is 10. The molecule has 0 saturated carbocycles. The molecule has 4 rings (SSSR count). The predicted octanol–water partition coefficient (Wildman–Crippen LogP) is 3.36. The zero-order chi connectivity index (χ0) is 28.0. The Kier molecular flexibility index (Phi) is 8.50. The van der Waals surface area contributed by atoms with E-state index in [0.717, 1.165) is 27.8 Å². The zero-order valence-corrected chi connectivity index (χ0v) is 22.1. The van der Waals surface area contributed by atoms with E-state index in [2.05, 4.69) is 15.0 Å². The van der Waals surface area contributed by atoms with Crippen LogP contribution in [0.1, 0.15) is 35.4 Å². The Labute approximate surface area is 227 Å². The van der Waals surface area contributed by atoms with Crippen molar-refractivity contribution in [3.8, 4) is 11.1 Å². The molecule has 0 unspecified atom stereocenters. The number of sulfonamides is 1. The average molecular weight is 551 g/mol. The Hall–Kier alpha value is -4.38. The number of hydrogen-bond acceptors (Lipinski definition) is 6. The lowest BCUT2D eigenvalue weighted by molar-refractivity contribution is -0.139. The number of fused-ring (bicyclic) bond motifs is 3. The van der Waals surface area contributed by atoms with Gasteiger partial charge in [0, 0.05) is 12.5 Å². The van der Waals surface area contributed by atoms with Crippen LogP contribution < -0.4 is 15.8 Å². The number of ether oxygens (including phenoxy) is 1. The Morgan fingerprint density at radius 3 is 2.18 bits per heavy atom. The van der Waals surface area contributed by atoms with Gasteiger partial charge >= 0.3 is 12.1 Å². The Balaban J connectivity index is 1.27. The predicted molar refractivity (Wildman–Crippen MR) is 147 cm³/mol. The highest BCUT2D eigenvalue weighted by atomic mass is 32.2. The summed E-state index contributed by atoms with van der Waals surface area (Å²) in [7, 11) is -3.88. The van der Waals surface area contributed by atoms with Crippen LogP contribution in [-0.4, -0.2) is 50.7 Å². The van der Waals surface area contributed by atoms with Crippen molar-refractivity contribution in [3.63, 3.8) is 0 Å². The molecule has 0 aromatic heterocycles. The van der Waals surface area contributed by atoms with Gasteiger partial charge in [0.2, 0.25) is 5.96 Å². The van der Waals surface area contributed by atoms with E-state index in [4.69, 9.17) is 10.5 Å². The summed E-state index contributed by atoms with van der Waals surface area (Å²) < 4.78 is 32.4. The minimum absolute atomic E-state index is 0.0427. The van der Waals surface area contributed by atoms with E-state index in [1.165, 1.54) is 12.1 Å². The van der Waals surface area contributed by atoms with E-state index in [1.54, 1.807) is 12.1 Å². The maximum atomic E-state index is 12.5. The SMILES string of the molecule is Cc1ccc(S(=O)(=O)NC(N)=NCCC[C@H](NC(=O)OCC2c3ccccc3-c3ccccc32)C(=O)O)cc1. The molecule has 1 aliphatic rings. The molecule has 1 amide bonds. The third-order valence-electron chi connectivity index (χ3n) is 6.44. The van der Waals surface area contributed by atoms with Crippen molar-refractivity contribution >= 4 is 28.0 Å². The first-order valence-corrected chi connectivity index (χ1v) is 13.9. The van der Waals surface area contributed by atoms with E-state index < -0.39 is 28.1 Å². The van der Waals surface area contributed by atoms with Gasteiger partial charge in [0.15, 0.2) is 0 Å². The highest BCUT2D eigenvalue weighted by Crippen LogP contribution is 2.44. The fourth-order valence-corrected chi connectivity index (χ4v) is 5.43. The lowest BCUT2D eigenvalue weighted by atomic mass is 9.98. The third-order valence-corrected chi connectivity index (χ3v) is 7.81. The van der Waals surface area contributed by atoms with E-state index in [9.17, 15) is 23.1 Å². The number of benzene rings is 3. The average Bonchev–Trinajstić information content (AvgIpc) is 3.22. The number of aliphatic carboxylic acids is 1. The molecule has 3 aromatic rings. The molecule has 0 bridgehead atoms. The molecule has 1 atom stereocenters. The number of carboxylic acids is 1. The van der Waals surface area contributed by atoms with E-state index in [0.29, 0.717) is 0 Å². The number of carboxylic acid groups (broad SMARTS) is 1. The van der Waals surface area contributed by atoms with Crippen molar-refractivity contribution in [2.75, 3.05) is 13.2 Å². The molecule has 1 aliphatic carbocycles. The first-order chi connectivity index (χ1) is 18.7. The largest absolute Gasteiger partial charge is 0.480 e. The number of alkyl carbamates (subject to hydrolysis) is 1. The topological polar surface area (TPSA) is 160 Å². The molecule has 3 aromatic carbocycles. The van der Waals surface area contributed by atoms with Crippen molar-refractivity contribution in [1.29, 1.82) is 0 Å². The van der Waals surface area contributed by atoms with Gasteiger partial charge in [0.25, 0.3) is 10.0 Å². The number of carbonyl (C=O) groups is 2. The number of nitrogens with two attached hydrogens (primary N) is 1. The van der Waals surface area contributed by atoms with Crippen molar-refractivity contribution < 1.29 is 27.9 Å². The monoisotopic (exact) mass is 550 g/mol. The van der Waals surface area contributed by atoms with Crippen LogP contribution in [0.4, 0.5) is 4.79 Å². The summed E-state index contributed by atoms with van der Waals surface area (Å²) in [4.78, 5) is 28.2. The van der Waals surface area contributed by atoms with Crippen LogP contribution in [0.25, 0.3) is 11.1 Å². The molecule has 11 heteroatoms. The molecule has 0 aliphatic heterocycles.